The average molecular weight is 410 g/mol. The first-order valence-corrected chi connectivity index (χ1v) is 9.59. The summed E-state index contributed by atoms with van der Waals surface area (Å²) >= 11 is 0. The fourth-order valence-electron chi connectivity index (χ4n) is 3.30. The van der Waals surface area contributed by atoms with Gasteiger partial charge >= 0.3 is 0 Å². The summed E-state index contributed by atoms with van der Waals surface area (Å²) in [7, 11) is 0. The third-order valence-electron chi connectivity index (χ3n) is 4.86. The van der Waals surface area contributed by atoms with Crippen LogP contribution < -0.4 is 10.6 Å². The Bertz CT molecular complexity index is 1260. The minimum Gasteiger partial charge on any atom is -0.467 e. The Morgan fingerprint density at radius 2 is 1.77 bits per heavy atom. The standard InChI is InChI=1S/C24H18N4O3/c1-15-7-2-3-9-17(15)24(30)28-22-19-11-5-4-10-18(19)21(27-22)20(13-25)23(29)26-14-16-8-6-12-31-16/h2-12H,14H2,1H3,(H,26,29)(H,27,28,30)/b21-20-. The van der Waals surface area contributed by atoms with E-state index in [4.69, 9.17) is 4.42 Å². The Labute approximate surface area is 178 Å². The zero-order chi connectivity index (χ0) is 21.8. The van der Waals surface area contributed by atoms with Crippen molar-refractivity contribution in [2.75, 3.05) is 0 Å². The van der Waals surface area contributed by atoms with Gasteiger partial charge in [0.1, 0.15) is 23.2 Å². The average Bonchev–Trinajstić information content (AvgIpc) is 3.42. The van der Waals surface area contributed by atoms with Gasteiger partial charge in [0.2, 0.25) is 0 Å². The van der Waals surface area contributed by atoms with Gasteiger partial charge in [-0.3, -0.25) is 9.59 Å². The van der Waals surface area contributed by atoms with Crippen molar-refractivity contribution in [1.29, 1.82) is 5.26 Å². The Kier molecular flexibility index (Phi) is 5.45. The number of nitriles is 1. The molecule has 0 spiro atoms. The van der Waals surface area contributed by atoms with E-state index in [9.17, 15) is 14.9 Å². The zero-order valence-electron chi connectivity index (χ0n) is 16.7. The molecule has 0 unspecified atom stereocenters. The van der Waals surface area contributed by atoms with E-state index >= 15 is 0 Å². The normalized spacial score (nSPS) is 13.6. The predicted octanol–water partition coefficient (Wildman–Crippen LogP) is 3.33. The number of amides is 2. The molecule has 0 bridgehead atoms. The molecule has 0 radical (unpaired) electrons. The number of nitrogens with one attached hydrogen (secondary N) is 2. The van der Waals surface area contributed by atoms with Crippen LogP contribution in [0.25, 0.3) is 5.70 Å². The van der Waals surface area contributed by atoms with Gasteiger partial charge in [0.05, 0.1) is 18.5 Å². The minimum absolute atomic E-state index is 0.140. The van der Waals surface area contributed by atoms with Gasteiger partial charge in [0, 0.05) is 16.7 Å². The van der Waals surface area contributed by atoms with Gasteiger partial charge in [-0.2, -0.15) is 5.26 Å². The third kappa shape index (κ3) is 4.00. The quantitative estimate of drug-likeness (QED) is 0.508. The first kappa shape index (κ1) is 19.9. The maximum Gasteiger partial charge on any atom is 0.264 e. The molecule has 2 aromatic carbocycles. The van der Waals surface area contributed by atoms with Gasteiger partial charge in [-0.15, -0.1) is 0 Å². The van der Waals surface area contributed by atoms with E-state index in [1.165, 1.54) is 6.26 Å². The second kappa shape index (κ2) is 8.51. The number of fused-ring (bicyclic) bond motifs is 1. The third-order valence-corrected chi connectivity index (χ3v) is 4.86. The lowest BCUT2D eigenvalue weighted by Crippen LogP contribution is -2.30. The molecule has 1 aromatic heterocycles. The molecule has 7 heteroatoms. The van der Waals surface area contributed by atoms with E-state index in [0.717, 1.165) is 5.56 Å². The van der Waals surface area contributed by atoms with Crippen molar-refractivity contribution in [2.24, 2.45) is 4.99 Å². The van der Waals surface area contributed by atoms with Crippen LogP contribution in [0.15, 0.2) is 81.9 Å². The van der Waals surface area contributed by atoms with E-state index in [1.807, 2.05) is 25.1 Å². The summed E-state index contributed by atoms with van der Waals surface area (Å²) in [6.45, 7) is 1.99. The number of furan rings is 1. The zero-order valence-corrected chi connectivity index (χ0v) is 16.7. The molecule has 4 rings (SSSR count). The summed E-state index contributed by atoms with van der Waals surface area (Å²) in [5.41, 5.74) is 2.68. The predicted molar refractivity (Wildman–Crippen MR) is 115 cm³/mol. The maximum atomic E-state index is 12.8. The summed E-state index contributed by atoms with van der Waals surface area (Å²) in [5, 5.41) is 15.2. The van der Waals surface area contributed by atoms with Gasteiger partial charge in [0.15, 0.2) is 0 Å². The van der Waals surface area contributed by atoms with Crippen LogP contribution in [-0.2, 0) is 11.3 Å². The topological polar surface area (TPSA) is 107 Å². The van der Waals surface area contributed by atoms with Crippen LogP contribution in [0.2, 0.25) is 0 Å². The van der Waals surface area contributed by atoms with Crippen LogP contribution in [0, 0.1) is 18.3 Å². The second-order valence-corrected chi connectivity index (χ2v) is 6.87. The smallest absolute Gasteiger partial charge is 0.264 e. The van der Waals surface area contributed by atoms with Crippen molar-refractivity contribution in [1.82, 2.24) is 10.6 Å². The molecule has 152 valence electrons. The van der Waals surface area contributed by atoms with Crippen molar-refractivity contribution in [3.63, 3.8) is 0 Å². The summed E-state index contributed by atoms with van der Waals surface area (Å²) in [6, 6.07) is 19.7. The van der Waals surface area contributed by atoms with Crippen molar-refractivity contribution in [3.05, 3.63) is 101 Å². The van der Waals surface area contributed by atoms with Crippen molar-refractivity contribution in [2.45, 2.75) is 13.5 Å². The van der Waals surface area contributed by atoms with E-state index in [0.29, 0.717) is 28.3 Å². The SMILES string of the molecule is Cc1ccccc1C(=O)NC1=N/C(=C(/C#N)C(=O)NCc2ccco2)c2ccccc21. The summed E-state index contributed by atoms with van der Waals surface area (Å²) in [4.78, 5) is 29.9. The molecule has 2 heterocycles. The Balaban J connectivity index is 1.66. The van der Waals surface area contributed by atoms with Gasteiger partial charge in [-0.05, 0) is 30.7 Å². The van der Waals surface area contributed by atoms with E-state index in [1.54, 1.807) is 48.5 Å². The molecule has 1 aliphatic rings. The molecule has 2 amide bonds. The largest absolute Gasteiger partial charge is 0.467 e. The summed E-state index contributed by atoms with van der Waals surface area (Å²) < 4.78 is 5.20. The van der Waals surface area contributed by atoms with E-state index < -0.39 is 5.91 Å². The number of carbonyl (C=O) groups is 2. The fourth-order valence-corrected chi connectivity index (χ4v) is 3.30. The Morgan fingerprint density at radius 1 is 1.03 bits per heavy atom. The number of carbonyl (C=O) groups excluding carboxylic acids is 2. The van der Waals surface area contributed by atoms with Gasteiger partial charge in [-0.25, -0.2) is 4.99 Å². The number of hydrogen-bond donors (Lipinski definition) is 2. The molecule has 31 heavy (non-hydrogen) atoms. The summed E-state index contributed by atoms with van der Waals surface area (Å²) in [6.07, 6.45) is 1.51. The number of aryl methyl sites for hydroxylation is 1. The number of rotatable bonds is 4. The van der Waals surface area contributed by atoms with Crippen molar-refractivity contribution >= 4 is 23.3 Å². The fraction of sp³-hybridized carbons (Fsp3) is 0.0833. The highest BCUT2D eigenvalue weighted by atomic mass is 16.3. The van der Waals surface area contributed by atoms with Gasteiger partial charge < -0.3 is 15.1 Å². The maximum absolute atomic E-state index is 12.8. The number of hydrogen-bond acceptors (Lipinski definition) is 5. The molecule has 0 atom stereocenters. The Hall–Kier alpha value is -4.44. The molecule has 0 saturated carbocycles. The van der Waals surface area contributed by atoms with Crippen LogP contribution in [-0.4, -0.2) is 17.6 Å². The number of amidine groups is 1. The first-order chi connectivity index (χ1) is 15.1. The minimum atomic E-state index is -0.570. The van der Waals surface area contributed by atoms with Crippen LogP contribution in [0.5, 0.6) is 0 Å². The molecule has 3 aromatic rings. The number of benzene rings is 2. The van der Waals surface area contributed by atoms with Crippen LogP contribution in [0.4, 0.5) is 0 Å². The van der Waals surface area contributed by atoms with Gasteiger partial charge in [0.25, 0.3) is 11.8 Å². The molecule has 0 fully saturated rings. The molecule has 2 N–H and O–H groups in total. The number of aliphatic imine (C=N–C) groups is 1. The Morgan fingerprint density at radius 3 is 2.48 bits per heavy atom. The van der Waals surface area contributed by atoms with Gasteiger partial charge in [-0.1, -0.05) is 42.5 Å². The van der Waals surface area contributed by atoms with E-state index in [-0.39, 0.29) is 23.7 Å². The first-order valence-electron chi connectivity index (χ1n) is 9.59. The van der Waals surface area contributed by atoms with Crippen LogP contribution in [0.1, 0.15) is 32.8 Å². The highest BCUT2D eigenvalue weighted by Crippen LogP contribution is 2.30. The lowest BCUT2D eigenvalue weighted by molar-refractivity contribution is -0.117. The molecular formula is C24H18N4O3. The van der Waals surface area contributed by atoms with Crippen LogP contribution >= 0.6 is 0 Å². The molecule has 1 aliphatic heterocycles. The van der Waals surface area contributed by atoms with E-state index in [2.05, 4.69) is 15.6 Å². The van der Waals surface area contributed by atoms with Crippen molar-refractivity contribution in [3.8, 4) is 6.07 Å². The van der Waals surface area contributed by atoms with Crippen molar-refractivity contribution < 1.29 is 14.0 Å². The van der Waals surface area contributed by atoms with Crippen LogP contribution in [0.3, 0.4) is 0 Å². The summed E-state index contributed by atoms with van der Waals surface area (Å²) in [5.74, 6) is -0.0183. The monoisotopic (exact) mass is 410 g/mol. The molecule has 0 aliphatic carbocycles. The lowest BCUT2D eigenvalue weighted by Gasteiger charge is -2.08. The lowest BCUT2D eigenvalue weighted by atomic mass is 10.0. The molecule has 7 nitrogen and oxygen atoms in total. The highest BCUT2D eigenvalue weighted by molar-refractivity contribution is 6.20. The second-order valence-electron chi connectivity index (χ2n) is 6.87. The number of nitrogens with zero attached hydrogens (tertiary/aromatic N) is 2. The molecule has 0 saturated heterocycles. The highest BCUT2D eigenvalue weighted by Gasteiger charge is 2.27. The molecular weight excluding hydrogens is 392 g/mol.